The Morgan fingerprint density at radius 3 is 2.55 bits per heavy atom. The zero-order valence-corrected chi connectivity index (χ0v) is 24.5. The number of nitrogens with zero attached hydrogens (tertiary/aromatic N) is 3. The number of aryl methyl sites for hydroxylation is 4. The molecule has 4 rings (SSSR count). The van der Waals surface area contributed by atoms with Crippen molar-refractivity contribution in [1.29, 1.82) is 0 Å². The molecule has 11 heteroatoms. The Kier molecular flexibility index (Phi) is 8.07. The molecular weight excluding hydrogens is 528 g/mol. The van der Waals surface area contributed by atoms with E-state index in [1.807, 2.05) is 44.5 Å². The van der Waals surface area contributed by atoms with Gasteiger partial charge in [-0.3, -0.25) is 9.48 Å². The number of fused-ring (bicyclic) bond motifs is 2. The van der Waals surface area contributed by atoms with E-state index in [2.05, 4.69) is 4.72 Å². The summed E-state index contributed by atoms with van der Waals surface area (Å²) in [7, 11) is 3.19. The van der Waals surface area contributed by atoms with Gasteiger partial charge in [-0.25, -0.2) is 13.7 Å². The van der Waals surface area contributed by atoms with Crippen LogP contribution in [0, 0.1) is 6.92 Å². The maximum Gasteiger partial charge on any atom is 0.354 e. The van der Waals surface area contributed by atoms with Crippen molar-refractivity contribution < 1.29 is 23.3 Å². The summed E-state index contributed by atoms with van der Waals surface area (Å²) < 4.78 is 29.7. The lowest BCUT2D eigenvalue weighted by molar-refractivity contribution is -0.140. The van der Waals surface area contributed by atoms with Crippen molar-refractivity contribution in [2.45, 2.75) is 70.7 Å². The van der Waals surface area contributed by atoms with Gasteiger partial charge in [0.2, 0.25) is 0 Å². The lowest BCUT2D eigenvalue weighted by Gasteiger charge is -2.29. The molecule has 38 heavy (non-hydrogen) atoms. The fourth-order valence-corrected chi connectivity index (χ4v) is 6.30. The number of hydrogen-bond donors (Lipinski definition) is 1. The van der Waals surface area contributed by atoms with E-state index in [-0.39, 0.29) is 18.4 Å². The second-order valence-corrected chi connectivity index (χ2v) is 12.9. The number of hydrogen-bond acceptors (Lipinski definition) is 6. The van der Waals surface area contributed by atoms with Crippen LogP contribution in [0.1, 0.15) is 73.5 Å². The maximum absolute atomic E-state index is 13.1. The van der Waals surface area contributed by atoms with Crippen molar-refractivity contribution in [1.82, 2.24) is 19.1 Å². The number of halogens is 1. The topological polar surface area (TPSA) is 104 Å². The van der Waals surface area contributed by atoms with Gasteiger partial charge in [-0.2, -0.15) is 5.10 Å². The lowest BCUT2D eigenvalue weighted by atomic mass is 9.93. The number of benzene rings is 1. The summed E-state index contributed by atoms with van der Waals surface area (Å²) in [5.41, 5.74) is 5.13. The second-order valence-electron chi connectivity index (χ2n) is 10.5. The van der Waals surface area contributed by atoms with E-state index in [1.54, 1.807) is 11.6 Å². The number of rotatable bonds is 7. The maximum atomic E-state index is 13.1. The van der Waals surface area contributed by atoms with Crippen LogP contribution in [-0.2, 0) is 45.3 Å². The van der Waals surface area contributed by atoms with Crippen LogP contribution in [0.25, 0.3) is 22.0 Å². The smallest absolute Gasteiger partial charge is 0.354 e. The van der Waals surface area contributed by atoms with E-state index in [9.17, 15) is 13.8 Å². The number of nitrogens with one attached hydrogen (secondary N) is 1. The largest absolute Gasteiger partial charge is 0.469 e. The van der Waals surface area contributed by atoms with Gasteiger partial charge < -0.3 is 14.0 Å². The molecule has 0 amide bonds. The average Bonchev–Trinajstić information content (AvgIpc) is 3.35. The number of ether oxygens (including phenoxy) is 2. The molecule has 3 aromatic rings. The minimum atomic E-state index is -1.28. The van der Waals surface area contributed by atoms with Crippen molar-refractivity contribution in [2.24, 2.45) is 7.05 Å². The number of methoxy groups -OCH3 is 2. The first-order valence-electron chi connectivity index (χ1n) is 12.6. The Hall–Kier alpha value is -2.69. The summed E-state index contributed by atoms with van der Waals surface area (Å²) in [5.74, 6) is -0.867. The molecule has 0 fully saturated rings. The van der Waals surface area contributed by atoms with Gasteiger partial charge in [0.1, 0.15) is 5.69 Å². The zero-order chi connectivity index (χ0) is 27.9. The van der Waals surface area contributed by atoms with Crippen LogP contribution in [0.3, 0.4) is 0 Å². The van der Waals surface area contributed by atoms with Gasteiger partial charge >= 0.3 is 11.9 Å². The molecule has 1 N–H and O–H groups in total. The number of aromatic nitrogens is 3. The third-order valence-electron chi connectivity index (χ3n) is 7.01. The molecular formula is C27H35ClN4O5S. The Labute approximate surface area is 230 Å². The standard InChI is InChI=1S/C27H35ClN4O5S/c1-15-21(25-19(9-8-14-32(25)29-15)30-38(35)27(2,3)4)22-18(28)12-10-16-17(11-13-20(33)36-6)24(26(34)37-7)31(5)23(16)22/h10,12,19,30H,8-9,11,13-14H2,1-7H3/t19-,38-/m1/s1. The van der Waals surface area contributed by atoms with Gasteiger partial charge in [0, 0.05) is 36.5 Å². The lowest BCUT2D eigenvalue weighted by Crippen LogP contribution is -2.38. The molecule has 0 bridgehead atoms. The van der Waals surface area contributed by atoms with Gasteiger partial charge in [-0.05, 0) is 58.6 Å². The van der Waals surface area contributed by atoms with Crippen molar-refractivity contribution in [3.05, 3.63) is 39.8 Å². The molecule has 3 heterocycles. The van der Waals surface area contributed by atoms with E-state index >= 15 is 0 Å². The molecule has 0 saturated heterocycles. The summed E-state index contributed by atoms with van der Waals surface area (Å²) in [5, 5.41) is 6.14. The highest BCUT2D eigenvalue weighted by Crippen LogP contribution is 2.45. The van der Waals surface area contributed by atoms with E-state index < -0.39 is 21.7 Å². The highest BCUT2D eigenvalue weighted by atomic mass is 35.5. The highest BCUT2D eigenvalue weighted by Gasteiger charge is 2.34. The van der Waals surface area contributed by atoms with Gasteiger partial charge in [0.15, 0.2) is 0 Å². The number of carbonyl (C=O) groups is 2. The molecule has 2 atom stereocenters. The van der Waals surface area contributed by atoms with Crippen LogP contribution in [0.15, 0.2) is 12.1 Å². The molecule has 0 saturated carbocycles. The first-order chi connectivity index (χ1) is 17.9. The third kappa shape index (κ3) is 5.01. The Morgan fingerprint density at radius 1 is 1.21 bits per heavy atom. The highest BCUT2D eigenvalue weighted by molar-refractivity contribution is 7.84. The van der Waals surface area contributed by atoms with Crippen LogP contribution in [0.2, 0.25) is 5.02 Å². The predicted octanol–water partition coefficient (Wildman–Crippen LogP) is 4.78. The van der Waals surface area contributed by atoms with Crippen LogP contribution < -0.4 is 4.72 Å². The summed E-state index contributed by atoms with van der Waals surface area (Å²) in [4.78, 5) is 24.9. The average molecular weight is 563 g/mol. The third-order valence-corrected chi connectivity index (χ3v) is 8.94. The normalized spacial score (nSPS) is 16.4. The molecule has 1 aromatic carbocycles. The van der Waals surface area contributed by atoms with E-state index in [1.165, 1.54) is 14.2 Å². The minimum Gasteiger partial charge on any atom is -0.469 e. The van der Waals surface area contributed by atoms with Crippen molar-refractivity contribution in [3.63, 3.8) is 0 Å². The second kappa shape index (κ2) is 10.8. The van der Waals surface area contributed by atoms with Crippen molar-refractivity contribution in [3.8, 4) is 11.1 Å². The zero-order valence-electron chi connectivity index (χ0n) is 22.9. The van der Waals surface area contributed by atoms with Crippen LogP contribution in [0.4, 0.5) is 0 Å². The molecule has 1 aliphatic rings. The molecule has 0 aliphatic carbocycles. The Balaban J connectivity index is 1.98. The fourth-order valence-electron chi connectivity index (χ4n) is 5.21. The Bertz CT molecular complexity index is 1440. The molecule has 206 valence electrons. The van der Waals surface area contributed by atoms with Gasteiger partial charge in [0.25, 0.3) is 0 Å². The van der Waals surface area contributed by atoms with Gasteiger partial charge in [-0.15, -0.1) is 0 Å². The van der Waals surface area contributed by atoms with Crippen LogP contribution in [0.5, 0.6) is 0 Å². The molecule has 9 nitrogen and oxygen atoms in total. The summed E-state index contributed by atoms with van der Waals surface area (Å²) in [6.07, 6.45) is 2.12. The molecule has 2 aromatic heterocycles. The number of esters is 2. The summed E-state index contributed by atoms with van der Waals surface area (Å²) in [6, 6.07) is 3.49. The van der Waals surface area contributed by atoms with E-state index in [4.69, 9.17) is 26.2 Å². The first kappa shape index (κ1) is 28.3. The van der Waals surface area contributed by atoms with Gasteiger partial charge in [0.05, 0.1) is 57.9 Å². The van der Waals surface area contributed by atoms with Crippen LogP contribution >= 0.6 is 11.6 Å². The quantitative estimate of drug-likeness (QED) is 0.415. The van der Waals surface area contributed by atoms with E-state index in [0.717, 1.165) is 52.8 Å². The minimum absolute atomic E-state index is 0.115. The summed E-state index contributed by atoms with van der Waals surface area (Å²) in [6.45, 7) is 8.50. The predicted molar refractivity (Wildman–Crippen MR) is 149 cm³/mol. The fraction of sp³-hybridized carbons (Fsp3) is 0.519. The van der Waals surface area contributed by atoms with E-state index in [0.29, 0.717) is 22.7 Å². The SMILES string of the molecule is COC(=O)CCc1c(C(=O)OC)n(C)c2c(-c3c(C)nn4c3[C@H](N[S@](=O)C(C)(C)C)CCC4)c(Cl)ccc12. The molecule has 0 spiro atoms. The monoisotopic (exact) mass is 562 g/mol. The molecule has 1 aliphatic heterocycles. The molecule has 0 radical (unpaired) electrons. The van der Waals surface area contributed by atoms with Gasteiger partial charge in [-0.1, -0.05) is 17.7 Å². The Morgan fingerprint density at radius 2 is 1.92 bits per heavy atom. The van der Waals surface area contributed by atoms with Crippen molar-refractivity contribution in [2.75, 3.05) is 14.2 Å². The number of carbonyl (C=O) groups excluding carboxylic acids is 2. The molecule has 0 unspecified atom stereocenters. The summed E-state index contributed by atoms with van der Waals surface area (Å²) >= 11 is 6.91. The first-order valence-corrected chi connectivity index (χ1v) is 14.1. The van der Waals surface area contributed by atoms with Crippen molar-refractivity contribution >= 4 is 45.4 Å². The van der Waals surface area contributed by atoms with Crippen LogP contribution in [-0.4, -0.2) is 49.5 Å².